The monoisotopic (exact) mass is 444 g/mol. The van der Waals surface area contributed by atoms with Gasteiger partial charge in [-0.05, 0) is 50.7 Å². The number of alkyl halides is 3. The van der Waals surface area contributed by atoms with Crippen molar-refractivity contribution < 1.29 is 17.9 Å². The van der Waals surface area contributed by atoms with Gasteiger partial charge in [-0.1, -0.05) is 15.9 Å². The van der Waals surface area contributed by atoms with Crippen molar-refractivity contribution in [3.63, 3.8) is 0 Å². The topological polar surface area (TPSA) is 9.23 Å². The Bertz CT molecular complexity index is 354. The Morgan fingerprint density at radius 2 is 1.79 bits per heavy atom. The van der Waals surface area contributed by atoms with Gasteiger partial charge in [-0.15, -0.1) is 13.2 Å². The molecule has 7 heteroatoms. The van der Waals surface area contributed by atoms with Crippen LogP contribution < -0.4 is 4.74 Å². The van der Waals surface area contributed by atoms with E-state index >= 15 is 0 Å². The minimum absolute atomic E-state index is 0.223. The highest BCUT2D eigenvalue weighted by Gasteiger charge is 2.32. The highest BCUT2D eigenvalue weighted by Crippen LogP contribution is 2.35. The molecule has 0 spiro atoms. The van der Waals surface area contributed by atoms with E-state index in [-0.39, 0.29) is 5.75 Å². The molecular formula is C7H2Br2F3IO. The minimum atomic E-state index is -4.67. The highest BCUT2D eigenvalue weighted by molar-refractivity contribution is 14.1. The van der Waals surface area contributed by atoms with Crippen LogP contribution >= 0.6 is 54.5 Å². The summed E-state index contributed by atoms with van der Waals surface area (Å²) < 4.78 is 41.1. The van der Waals surface area contributed by atoms with Crippen molar-refractivity contribution in [1.29, 1.82) is 0 Å². The summed E-state index contributed by atoms with van der Waals surface area (Å²) in [6, 6.07) is 2.91. The van der Waals surface area contributed by atoms with Gasteiger partial charge in [0, 0.05) is 8.95 Å². The number of hydrogen-bond donors (Lipinski definition) is 0. The summed E-state index contributed by atoms with van der Waals surface area (Å²) in [5.74, 6) is -0.223. The first-order valence-corrected chi connectivity index (χ1v) is 5.86. The lowest BCUT2D eigenvalue weighted by atomic mass is 10.3. The van der Waals surface area contributed by atoms with E-state index in [0.29, 0.717) is 12.5 Å². The third-order valence-corrected chi connectivity index (χ3v) is 4.12. The average molecular weight is 446 g/mol. The van der Waals surface area contributed by atoms with Crippen molar-refractivity contribution in [2.45, 2.75) is 6.36 Å². The smallest absolute Gasteiger partial charge is 0.405 e. The molecule has 0 radical (unpaired) electrons. The second-order valence-corrected chi connectivity index (χ2v) is 5.10. The first-order chi connectivity index (χ1) is 6.29. The molecule has 78 valence electrons. The second kappa shape index (κ2) is 4.56. The SMILES string of the molecule is FC(F)(F)Oc1cc(Br)cc(Br)c1I. The van der Waals surface area contributed by atoms with Gasteiger partial charge in [0.1, 0.15) is 5.75 Å². The van der Waals surface area contributed by atoms with Gasteiger partial charge in [0.2, 0.25) is 0 Å². The molecule has 0 N–H and O–H groups in total. The van der Waals surface area contributed by atoms with Crippen molar-refractivity contribution in [2.24, 2.45) is 0 Å². The average Bonchev–Trinajstić information content (AvgIpc) is 1.96. The molecule has 0 aromatic heterocycles. The Morgan fingerprint density at radius 1 is 1.21 bits per heavy atom. The van der Waals surface area contributed by atoms with Gasteiger partial charge in [-0.3, -0.25) is 0 Å². The van der Waals surface area contributed by atoms with E-state index in [2.05, 4.69) is 36.6 Å². The first-order valence-electron chi connectivity index (χ1n) is 3.20. The lowest BCUT2D eigenvalue weighted by Crippen LogP contribution is -2.17. The molecule has 0 saturated heterocycles. The van der Waals surface area contributed by atoms with Crippen LogP contribution in [0, 0.1) is 3.57 Å². The van der Waals surface area contributed by atoms with E-state index in [1.807, 2.05) is 0 Å². The highest BCUT2D eigenvalue weighted by atomic mass is 127. The molecule has 0 aliphatic carbocycles. The third kappa shape index (κ3) is 3.58. The fourth-order valence-corrected chi connectivity index (χ4v) is 2.34. The summed E-state index contributed by atoms with van der Waals surface area (Å²) in [6.45, 7) is 0. The van der Waals surface area contributed by atoms with Crippen LogP contribution in [0.25, 0.3) is 0 Å². The molecule has 0 aliphatic heterocycles. The van der Waals surface area contributed by atoms with E-state index in [4.69, 9.17) is 0 Å². The van der Waals surface area contributed by atoms with Gasteiger partial charge in [0.25, 0.3) is 0 Å². The molecule has 0 fully saturated rings. The van der Waals surface area contributed by atoms with Crippen LogP contribution in [0.3, 0.4) is 0 Å². The Balaban J connectivity index is 3.09. The van der Waals surface area contributed by atoms with Gasteiger partial charge >= 0.3 is 6.36 Å². The van der Waals surface area contributed by atoms with Crippen LogP contribution in [0.1, 0.15) is 0 Å². The van der Waals surface area contributed by atoms with Crippen molar-refractivity contribution in [2.75, 3.05) is 0 Å². The summed E-state index contributed by atoms with van der Waals surface area (Å²) >= 11 is 7.96. The zero-order valence-corrected chi connectivity index (χ0v) is 11.7. The normalized spacial score (nSPS) is 11.6. The predicted octanol–water partition coefficient (Wildman–Crippen LogP) is 4.71. The van der Waals surface area contributed by atoms with Crippen molar-refractivity contribution in [3.05, 3.63) is 24.6 Å². The van der Waals surface area contributed by atoms with Crippen molar-refractivity contribution in [1.82, 2.24) is 0 Å². The van der Waals surface area contributed by atoms with Gasteiger partial charge in [0.15, 0.2) is 0 Å². The van der Waals surface area contributed by atoms with E-state index < -0.39 is 6.36 Å². The first kappa shape index (κ1) is 12.6. The zero-order valence-electron chi connectivity index (χ0n) is 6.33. The Morgan fingerprint density at radius 3 is 2.29 bits per heavy atom. The molecule has 0 atom stereocenters. The number of hydrogen-bond acceptors (Lipinski definition) is 1. The summed E-state index contributed by atoms with van der Waals surface area (Å²) in [6.07, 6.45) is -4.67. The van der Waals surface area contributed by atoms with Gasteiger partial charge in [0.05, 0.1) is 3.57 Å². The van der Waals surface area contributed by atoms with E-state index in [9.17, 15) is 13.2 Å². The summed E-state index contributed by atoms with van der Waals surface area (Å²) in [5, 5.41) is 0. The van der Waals surface area contributed by atoms with E-state index in [1.165, 1.54) is 6.07 Å². The summed E-state index contributed by atoms with van der Waals surface area (Å²) in [5.41, 5.74) is 0. The molecular weight excluding hydrogens is 444 g/mol. The van der Waals surface area contributed by atoms with Gasteiger partial charge in [-0.25, -0.2) is 0 Å². The van der Waals surface area contributed by atoms with Gasteiger partial charge in [-0.2, -0.15) is 0 Å². The van der Waals surface area contributed by atoms with Crippen LogP contribution in [0.5, 0.6) is 5.75 Å². The predicted molar refractivity (Wildman–Crippen MR) is 61.2 cm³/mol. The number of ether oxygens (including phenoxy) is 1. The van der Waals surface area contributed by atoms with Crippen molar-refractivity contribution in [3.8, 4) is 5.75 Å². The standard InChI is InChI=1S/C7H2Br2F3IO/c8-3-1-4(9)6(13)5(2-3)14-7(10,11)12/h1-2H. The Hall–Kier alpha value is 0.500. The fourth-order valence-electron chi connectivity index (χ4n) is 0.731. The molecule has 0 amide bonds. The molecule has 1 aromatic rings. The van der Waals surface area contributed by atoms with Crippen LogP contribution in [0.2, 0.25) is 0 Å². The number of rotatable bonds is 1. The van der Waals surface area contributed by atoms with Crippen molar-refractivity contribution >= 4 is 54.5 Å². The second-order valence-electron chi connectivity index (χ2n) is 2.25. The quantitative estimate of drug-likeness (QED) is 0.449. The maximum atomic E-state index is 11.9. The zero-order chi connectivity index (χ0) is 10.9. The molecule has 0 aliphatic rings. The number of benzene rings is 1. The summed E-state index contributed by atoms with van der Waals surface area (Å²) in [4.78, 5) is 0. The Labute approximate surface area is 108 Å². The molecule has 1 aromatic carbocycles. The van der Waals surface area contributed by atoms with E-state index in [0.717, 1.165) is 0 Å². The molecule has 0 saturated carbocycles. The molecule has 1 rings (SSSR count). The Kier molecular flexibility index (Phi) is 4.10. The molecule has 14 heavy (non-hydrogen) atoms. The minimum Gasteiger partial charge on any atom is -0.405 e. The van der Waals surface area contributed by atoms with Crippen LogP contribution in [-0.2, 0) is 0 Å². The molecule has 0 heterocycles. The van der Waals surface area contributed by atoms with Crippen LogP contribution in [-0.4, -0.2) is 6.36 Å². The van der Waals surface area contributed by atoms with Gasteiger partial charge < -0.3 is 4.74 Å². The lowest BCUT2D eigenvalue weighted by molar-refractivity contribution is -0.275. The summed E-state index contributed by atoms with van der Waals surface area (Å²) in [7, 11) is 0. The number of halogens is 6. The lowest BCUT2D eigenvalue weighted by Gasteiger charge is -2.11. The largest absolute Gasteiger partial charge is 0.573 e. The third-order valence-electron chi connectivity index (χ3n) is 1.19. The maximum Gasteiger partial charge on any atom is 0.573 e. The maximum absolute atomic E-state index is 11.9. The molecule has 0 unspecified atom stereocenters. The van der Waals surface area contributed by atoms with Crippen LogP contribution in [0.4, 0.5) is 13.2 Å². The van der Waals surface area contributed by atoms with Crippen LogP contribution in [0.15, 0.2) is 21.1 Å². The fraction of sp³-hybridized carbons (Fsp3) is 0.143. The molecule has 1 nitrogen and oxygen atoms in total. The molecule has 0 bridgehead atoms. The van der Waals surface area contributed by atoms with E-state index in [1.54, 1.807) is 28.7 Å².